The van der Waals surface area contributed by atoms with E-state index in [1.54, 1.807) is 0 Å². The smallest absolute Gasteiger partial charge is 0.0137 e. The van der Waals surface area contributed by atoms with Crippen molar-refractivity contribution in [1.82, 2.24) is 15.1 Å². The second-order valence-electron chi connectivity index (χ2n) is 8.15. The van der Waals surface area contributed by atoms with Crippen LogP contribution in [0.25, 0.3) is 0 Å². The molecular weight excluding hydrogens is 246 g/mol. The van der Waals surface area contributed by atoms with Gasteiger partial charge in [-0.05, 0) is 58.5 Å². The standard InChI is InChI=1S/C17H35N3/c1-14(2)12-18-13-15-6-7-16(15)19-8-10-20(11-9-19)17(3,4)5/h14-16,18H,6-13H2,1-5H3. The van der Waals surface area contributed by atoms with Gasteiger partial charge in [0.15, 0.2) is 0 Å². The lowest BCUT2D eigenvalue weighted by atomic mass is 9.78. The predicted octanol–water partition coefficient (Wildman–Crippen LogP) is 2.43. The fourth-order valence-electron chi connectivity index (χ4n) is 3.55. The first-order valence-corrected chi connectivity index (χ1v) is 8.57. The fourth-order valence-corrected chi connectivity index (χ4v) is 3.55. The molecule has 0 amide bonds. The summed E-state index contributed by atoms with van der Waals surface area (Å²) in [6, 6.07) is 0.858. The Bertz CT molecular complexity index is 287. The first kappa shape index (κ1) is 16.3. The molecule has 2 fully saturated rings. The topological polar surface area (TPSA) is 18.5 Å². The number of rotatable bonds is 5. The monoisotopic (exact) mass is 281 g/mol. The maximum Gasteiger partial charge on any atom is 0.0137 e. The van der Waals surface area contributed by atoms with E-state index in [-0.39, 0.29) is 0 Å². The van der Waals surface area contributed by atoms with E-state index in [1.165, 1.54) is 52.1 Å². The van der Waals surface area contributed by atoms with E-state index in [1.807, 2.05) is 0 Å². The van der Waals surface area contributed by atoms with Gasteiger partial charge < -0.3 is 5.32 Å². The average molecular weight is 281 g/mol. The summed E-state index contributed by atoms with van der Waals surface area (Å²) in [6.45, 7) is 19.0. The van der Waals surface area contributed by atoms with E-state index in [0.717, 1.165) is 17.9 Å². The molecule has 2 rings (SSSR count). The molecule has 2 atom stereocenters. The number of nitrogens with zero attached hydrogens (tertiary/aromatic N) is 2. The van der Waals surface area contributed by atoms with Crippen LogP contribution in [0.5, 0.6) is 0 Å². The lowest BCUT2D eigenvalue weighted by molar-refractivity contribution is -0.00410. The van der Waals surface area contributed by atoms with Crippen LogP contribution in [-0.4, -0.2) is 60.6 Å². The molecular formula is C17H35N3. The first-order chi connectivity index (χ1) is 9.38. The highest BCUT2D eigenvalue weighted by molar-refractivity contribution is 4.93. The van der Waals surface area contributed by atoms with Crippen LogP contribution < -0.4 is 5.32 Å². The Morgan fingerprint density at radius 3 is 2.15 bits per heavy atom. The molecule has 3 nitrogen and oxygen atoms in total. The van der Waals surface area contributed by atoms with Crippen LogP contribution in [0.2, 0.25) is 0 Å². The molecule has 1 aliphatic carbocycles. The molecule has 0 aromatic rings. The fraction of sp³-hybridized carbons (Fsp3) is 1.00. The zero-order valence-electron chi connectivity index (χ0n) is 14.3. The minimum Gasteiger partial charge on any atom is -0.316 e. The van der Waals surface area contributed by atoms with Gasteiger partial charge >= 0.3 is 0 Å². The molecule has 3 heteroatoms. The largest absolute Gasteiger partial charge is 0.316 e. The zero-order valence-corrected chi connectivity index (χ0v) is 14.3. The third-order valence-corrected chi connectivity index (χ3v) is 5.07. The molecule has 20 heavy (non-hydrogen) atoms. The lowest BCUT2D eigenvalue weighted by Gasteiger charge is -2.50. The maximum atomic E-state index is 3.65. The van der Waals surface area contributed by atoms with E-state index in [2.05, 4.69) is 49.7 Å². The van der Waals surface area contributed by atoms with Gasteiger partial charge in [-0.15, -0.1) is 0 Å². The second-order valence-corrected chi connectivity index (χ2v) is 8.15. The van der Waals surface area contributed by atoms with Gasteiger partial charge in [0.2, 0.25) is 0 Å². The molecule has 1 saturated carbocycles. The van der Waals surface area contributed by atoms with Crippen molar-refractivity contribution in [2.24, 2.45) is 11.8 Å². The van der Waals surface area contributed by atoms with Gasteiger partial charge in [0.25, 0.3) is 0 Å². The van der Waals surface area contributed by atoms with Gasteiger partial charge in [-0.2, -0.15) is 0 Å². The van der Waals surface area contributed by atoms with E-state index in [0.29, 0.717) is 5.54 Å². The normalized spacial score (nSPS) is 29.7. The average Bonchev–Trinajstić information content (AvgIpc) is 2.32. The van der Waals surface area contributed by atoms with E-state index < -0.39 is 0 Å². The van der Waals surface area contributed by atoms with Crippen LogP contribution in [0.1, 0.15) is 47.5 Å². The lowest BCUT2D eigenvalue weighted by Crippen LogP contribution is -2.59. The SMILES string of the molecule is CC(C)CNCC1CCC1N1CCN(C(C)(C)C)CC1. The third-order valence-electron chi connectivity index (χ3n) is 5.07. The summed E-state index contributed by atoms with van der Waals surface area (Å²) < 4.78 is 0. The van der Waals surface area contributed by atoms with Crippen molar-refractivity contribution in [3.63, 3.8) is 0 Å². The Morgan fingerprint density at radius 2 is 1.70 bits per heavy atom. The molecule has 2 unspecified atom stereocenters. The van der Waals surface area contributed by atoms with E-state index >= 15 is 0 Å². The summed E-state index contributed by atoms with van der Waals surface area (Å²) >= 11 is 0. The van der Waals surface area contributed by atoms with Crippen LogP contribution in [0.3, 0.4) is 0 Å². The Kier molecular flexibility index (Phi) is 5.49. The van der Waals surface area contributed by atoms with Gasteiger partial charge in [0.05, 0.1) is 0 Å². The Hall–Kier alpha value is -0.120. The molecule has 0 aromatic heterocycles. The minimum absolute atomic E-state index is 0.337. The van der Waals surface area contributed by atoms with Crippen LogP contribution in [0, 0.1) is 11.8 Å². The van der Waals surface area contributed by atoms with E-state index in [9.17, 15) is 0 Å². The number of nitrogens with one attached hydrogen (secondary N) is 1. The summed E-state index contributed by atoms with van der Waals surface area (Å²) in [6.07, 6.45) is 2.85. The molecule has 0 aromatic carbocycles. The molecule has 2 aliphatic rings. The van der Waals surface area contributed by atoms with Gasteiger partial charge in [-0.1, -0.05) is 13.8 Å². The molecule has 118 valence electrons. The van der Waals surface area contributed by atoms with E-state index in [4.69, 9.17) is 0 Å². The summed E-state index contributed by atoms with van der Waals surface area (Å²) in [5, 5.41) is 3.65. The van der Waals surface area contributed by atoms with Crippen molar-refractivity contribution < 1.29 is 0 Å². The zero-order chi connectivity index (χ0) is 14.8. The Morgan fingerprint density at radius 1 is 1.05 bits per heavy atom. The van der Waals surface area contributed by atoms with Crippen molar-refractivity contribution >= 4 is 0 Å². The summed E-state index contributed by atoms with van der Waals surface area (Å²) in [5.74, 6) is 1.67. The molecule has 1 saturated heterocycles. The van der Waals surface area contributed by atoms with Gasteiger partial charge in [0.1, 0.15) is 0 Å². The van der Waals surface area contributed by atoms with Crippen molar-refractivity contribution in [3.05, 3.63) is 0 Å². The van der Waals surface area contributed by atoms with Crippen molar-refractivity contribution in [2.45, 2.75) is 59.0 Å². The first-order valence-electron chi connectivity index (χ1n) is 8.57. The maximum absolute atomic E-state index is 3.65. The molecule has 1 heterocycles. The highest BCUT2D eigenvalue weighted by Crippen LogP contribution is 2.32. The molecule has 0 radical (unpaired) electrons. The van der Waals surface area contributed by atoms with Crippen molar-refractivity contribution in [1.29, 1.82) is 0 Å². The third kappa shape index (κ3) is 4.19. The highest BCUT2D eigenvalue weighted by atomic mass is 15.3. The Labute approximate surface area is 126 Å². The molecule has 1 aliphatic heterocycles. The van der Waals surface area contributed by atoms with Crippen LogP contribution >= 0.6 is 0 Å². The van der Waals surface area contributed by atoms with Crippen molar-refractivity contribution in [2.75, 3.05) is 39.3 Å². The minimum atomic E-state index is 0.337. The van der Waals surface area contributed by atoms with Crippen molar-refractivity contribution in [3.8, 4) is 0 Å². The number of piperazine rings is 1. The van der Waals surface area contributed by atoms with Crippen LogP contribution in [0.15, 0.2) is 0 Å². The van der Waals surface area contributed by atoms with Gasteiger partial charge in [0, 0.05) is 37.8 Å². The number of hydrogen-bond donors (Lipinski definition) is 1. The predicted molar refractivity (Wildman–Crippen MR) is 87.1 cm³/mol. The van der Waals surface area contributed by atoms with Crippen LogP contribution in [-0.2, 0) is 0 Å². The Balaban J connectivity index is 1.71. The molecule has 1 N–H and O–H groups in total. The summed E-state index contributed by atoms with van der Waals surface area (Å²) in [5.41, 5.74) is 0.337. The second kappa shape index (κ2) is 6.76. The summed E-state index contributed by atoms with van der Waals surface area (Å²) in [4.78, 5) is 5.39. The van der Waals surface area contributed by atoms with Gasteiger partial charge in [-0.25, -0.2) is 0 Å². The van der Waals surface area contributed by atoms with Crippen LogP contribution in [0.4, 0.5) is 0 Å². The molecule has 0 spiro atoms. The highest BCUT2D eigenvalue weighted by Gasteiger charge is 2.37. The quantitative estimate of drug-likeness (QED) is 0.835. The van der Waals surface area contributed by atoms with Gasteiger partial charge in [-0.3, -0.25) is 9.80 Å². The summed E-state index contributed by atoms with van der Waals surface area (Å²) in [7, 11) is 0. The number of hydrogen-bond acceptors (Lipinski definition) is 3. The molecule has 0 bridgehead atoms.